The van der Waals surface area contributed by atoms with Crippen LogP contribution in [0.4, 0.5) is 4.79 Å². The Morgan fingerprint density at radius 2 is 1.78 bits per heavy atom. The molecule has 16 nitrogen and oxygen atoms in total. The van der Waals surface area contributed by atoms with E-state index in [4.69, 9.17) is 23.7 Å². The van der Waals surface area contributed by atoms with E-state index in [1.54, 1.807) is 29.8 Å². The Morgan fingerprint density at radius 1 is 1.05 bits per heavy atom. The first-order valence-corrected chi connectivity index (χ1v) is 20.9. The van der Waals surface area contributed by atoms with E-state index < -0.39 is 71.5 Å². The number of esters is 1. The smallest absolute Gasteiger partial charge is 0.410 e. The molecule has 0 spiro atoms. The molecule has 2 aromatic rings. The van der Waals surface area contributed by atoms with Gasteiger partial charge >= 0.3 is 12.1 Å². The van der Waals surface area contributed by atoms with Crippen LogP contribution in [0.15, 0.2) is 30.6 Å². The van der Waals surface area contributed by atoms with Crippen LogP contribution in [-0.4, -0.2) is 147 Å². The maximum Gasteiger partial charge on any atom is 0.410 e. The van der Waals surface area contributed by atoms with Crippen molar-refractivity contribution in [2.45, 2.75) is 154 Å². The summed E-state index contributed by atoms with van der Waals surface area (Å²) in [5, 5.41) is 23.6. The molecular weight excluding hydrogens is 747 g/mol. The zero-order chi connectivity index (χ0) is 42.5. The molecule has 2 unspecified atom stereocenters. The summed E-state index contributed by atoms with van der Waals surface area (Å²) in [5.41, 5.74) is -0.833. The lowest BCUT2D eigenvalue weighted by Crippen LogP contribution is -2.61. The van der Waals surface area contributed by atoms with Gasteiger partial charge in [-0.2, -0.15) is 0 Å². The number of rotatable bonds is 11. The Bertz CT molecular complexity index is 1680. The summed E-state index contributed by atoms with van der Waals surface area (Å²) in [6.45, 7) is 16.4. The Hall–Kier alpha value is -3.54. The number of amides is 1. The predicted molar refractivity (Wildman–Crippen MR) is 215 cm³/mol. The van der Waals surface area contributed by atoms with E-state index in [0.29, 0.717) is 51.0 Å². The largest absolute Gasteiger partial charge is 0.458 e. The highest BCUT2D eigenvalue weighted by Crippen LogP contribution is 2.40. The number of cyclic esters (lactones) is 1. The normalized spacial score (nSPS) is 36.9. The van der Waals surface area contributed by atoms with Crippen LogP contribution in [0.5, 0.6) is 0 Å². The van der Waals surface area contributed by atoms with Gasteiger partial charge < -0.3 is 39.0 Å². The highest BCUT2D eigenvalue weighted by Gasteiger charge is 2.58. The zero-order valence-electron chi connectivity index (χ0n) is 36.3. The number of likely N-dealkylation sites (N-methyl/N-ethyl adjacent to an activating group) is 1. The van der Waals surface area contributed by atoms with Gasteiger partial charge in [0.25, 0.3) is 0 Å². The lowest BCUT2D eigenvalue weighted by molar-refractivity contribution is -0.295. The number of aromatic nitrogens is 4. The first kappa shape index (κ1) is 45.5. The molecule has 16 heteroatoms. The van der Waals surface area contributed by atoms with Crippen molar-refractivity contribution in [1.29, 1.82) is 0 Å². The number of nitrogens with one attached hydrogen (secondary N) is 1. The monoisotopic (exact) mass is 814 g/mol. The van der Waals surface area contributed by atoms with E-state index >= 15 is 0 Å². The summed E-state index contributed by atoms with van der Waals surface area (Å²) < 4.78 is 33.3. The first-order chi connectivity index (χ1) is 27.4. The molecule has 0 aromatic carbocycles. The molecule has 13 atom stereocenters. The molecular formula is C42H67N7O9. The second-order valence-electron chi connectivity index (χ2n) is 17.4. The van der Waals surface area contributed by atoms with Gasteiger partial charge in [-0.05, 0) is 105 Å². The van der Waals surface area contributed by atoms with Crippen molar-refractivity contribution in [3.05, 3.63) is 30.6 Å². The molecule has 5 rings (SSSR count). The van der Waals surface area contributed by atoms with Gasteiger partial charge in [0.15, 0.2) is 17.7 Å². The van der Waals surface area contributed by atoms with E-state index in [1.165, 1.54) is 6.92 Å². The molecule has 0 saturated carbocycles. The third-order valence-corrected chi connectivity index (χ3v) is 12.6. The third-order valence-electron chi connectivity index (χ3n) is 12.6. The standard InChI is InChI=1S/C42H67N7O9/c1-12-33-42(8)36(49(40(53)58-42)20-16-15-19-48-24-31(45-46-48)30-17-13-14-18-43-30)29(6)44-23-25(2)22-41(7,54-11)37(27(4)34(50)28(5)38(52)56-33)57-39-35(51)32(47(9)10)21-26(3)55-39/h13-14,17-18,24-29,32-33,35-37,39,44,51H,12,15-16,19-23H2,1-11H3/t25-,26-,27+,28-,29-,32?,33-,35?,36-,37-,39+,41-,42-/m1/s1. The van der Waals surface area contributed by atoms with E-state index in [1.807, 2.05) is 78.0 Å². The molecule has 3 aliphatic heterocycles. The summed E-state index contributed by atoms with van der Waals surface area (Å²) in [6, 6.07) is 4.61. The number of pyridine rings is 1. The molecule has 0 aliphatic carbocycles. The lowest BCUT2D eigenvalue weighted by Gasteiger charge is -2.46. The number of carbonyl (C=O) groups excluding carboxylic acids is 3. The molecule has 2 N–H and O–H groups in total. The predicted octanol–water partition coefficient (Wildman–Crippen LogP) is 4.10. The maximum absolute atomic E-state index is 14.4. The highest BCUT2D eigenvalue weighted by molar-refractivity contribution is 6.00. The van der Waals surface area contributed by atoms with Gasteiger partial charge in [0.2, 0.25) is 0 Å². The number of aliphatic hydroxyl groups excluding tert-OH is 1. The summed E-state index contributed by atoms with van der Waals surface area (Å²) in [4.78, 5) is 50.2. The summed E-state index contributed by atoms with van der Waals surface area (Å²) >= 11 is 0. The van der Waals surface area contributed by atoms with Gasteiger partial charge in [0.1, 0.15) is 23.8 Å². The maximum atomic E-state index is 14.4. The van der Waals surface area contributed by atoms with Crippen molar-refractivity contribution in [3.63, 3.8) is 0 Å². The number of aliphatic hydroxyl groups is 1. The quantitative estimate of drug-likeness (QED) is 0.188. The Labute approximate surface area is 343 Å². The minimum atomic E-state index is -1.23. The average molecular weight is 814 g/mol. The summed E-state index contributed by atoms with van der Waals surface area (Å²) in [5.74, 6) is -3.15. The van der Waals surface area contributed by atoms with Crippen LogP contribution in [0, 0.1) is 17.8 Å². The number of methoxy groups -OCH3 is 1. The third kappa shape index (κ3) is 9.90. The highest BCUT2D eigenvalue weighted by atomic mass is 16.7. The van der Waals surface area contributed by atoms with E-state index in [-0.39, 0.29) is 24.1 Å². The number of hydrogen-bond acceptors (Lipinski definition) is 14. The van der Waals surface area contributed by atoms with Crippen molar-refractivity contribution in [2.24, 2.45) is 17.8 Å². The SMILES string of the molecule is CC[C@H]1OC(=O)[C@H](C)C(=O)[C@H](C)[C@@H](O[C@@H]2O[C@H](C)CC(N(C)C)C2O)[C@](C)(OC)C[C@@H](C)CN[C@H](C)[C@H]2N(CCCCn3cc(-c4ccccn4)nn3)C(=O)O[C@]12C. The van der Waals surface area contributed by atoms with Gasteiger partial charge in [-0.1, -0.05) is 32.1 Å². The molecule has 3 fully saturated rings. The fourth-order valence-corrected chi connectivity index (χ4v) is 9.25. The van der Waals surface area contributed by atoms with Crippen LogP contribution in [0.3, 0.4) is 0 Å². The van der Waals surface area contributed by atoms with Gasteiger partial charge in [-0.15, -0.1) is 5.10 Å². The van der Waals surface area contributed by atoms with Crippen molar-refractivity contribution >= 4 is 17.8 Å². The number of hydrogen-bond donors (Lipinski definition) is 2. The molecule has 1 amide bonds. The van der Waals surface area contributed by atoms with Gasteiger partial charge in [0, 0.05) is 44.4 Å². The average Bonchev–Trinajstić information content (AvgIpc) is 3.77. The Kier molecular flexibility index (Phi) is 15.1. The van der Waals surface area contributed by atoms with Crippen LogP contribution >= 0.6 is 0 Å². The second-order valence-corrected chi connectivity index (χ2v) is 17.4. The molecule has 3 aliphatic rings. The number of aryl methyl sites for hydroxylation is 1. The van der Waals surface area contributed by atoms with Crippen LogP contribution in [0.25, 0.3) is 11.4 Å². The Balaban J connectivity index is 1.38. The number of Topliss-reactive ketones (excluding diaryl/α,β-unsaturated/α-hetero) is 1. The van der Waals surface area contributed by atoms with Crippen LogP contribution < -0.4 is 5.32 Å². The minimum absolute atomic E-state index is 0.00904. The van der Waals surface area contributed by atoms with Gasteiger partial charge in [-0.25, -0.2) is 4.79 Å². The van der Waals surface area contributed by atoms with Crippen LogP contribution in [-0.2, 0) is 39.8 Å². The van der Waals surface area contributed by atoms with Crippen molar-refractivity contribution < 1.29 is 43.2 Å². The molecule has 58 heavy (non-hydrogen) atoms. The fraction of sp³-hybridized carbons (Fsp3) is 0.762. The fourth-order valence-electron chi connectivity index (χ4n) is 9.25. The topological polar surface area (TPSA) is 180 Å². The summed E-state index contributed by atoms with van der Waals surface area (Å²) in [6.07, 6.45) is 1.92. The molecule has 2 aromatic heterocycles. The van der Waals surface area contributed by atoms with Crippen LogP contribution in [0.2, 0.25) is 0 Å². The summed E-state index contributed by atoms with van der Waals surface area (Å²) in [7, 11) is 5.39. The molecule has 0 radical (unpaired) electrons. The number of ketones is 1. The van der Waals surface area contributed by atoms with E-state index in [0.717, 1.165) is 12.1 Å². The molecule has 5 heterocycles. The van der Waals surface area contributed by atoms with E-state index in [2.05, 4.69) is 27.5 Å². The molecule has 324 valence electrons. The number of carbonyl (C=O) groups is 3. The minimum Gasteiger partial charge on any atom is -0.458 e. The van der Waals surface area contributed by atoms with Crippen molar-refractivity contribution in [3.8, 4) is 11.4 Å². The number of fused-ring (bicyclic) bond motifs is 1. The number of nitrogens with zero attached hydrogens (tertiary/aromatic N) is 6. The number of ether oxygens (including phenoxy) is 5. The van der Waals surface area contributed by atoms with Gasteiger partial charge in [-0.3, -0.25) is 24.2 Å². The second kappa shape index (κ2) is 19.2. The molecule has 3 saturated heterocycles. The zero-order valence-corrected chi connectivity index (χ0v) is 36.3. The lowest BCUT2D eigenvalue weighted by atomic mass is 9.78. The van der Waals surface area contributed by atoms with Crippen molar-refractivity contribution in [1.82, 2.24) is 35.1 Å². The molecule has 0 bridgehead atoms. The van der Waals surface area contributed by atoms with Crippen LogP contribution in [0.1, 0.15) is 87.5 Å². The number of unbranched alkanes of at least 4 members (excludes halogenated alkanes) is 1. The van der Waals surface area contributed by atoms with Crippen molar-refractivity contribution in [2.75, 3.05) is 34.3 Å². The van der Waals surface area contributed by atoms with Gasteiger partial charge in [0.05, 0.1) is 35.7 Å². The Morgan fingerprint density at radius 3 is 2.43 bits per heavy atom. The van der Waals surface area contributed by atoms with E-state index in [9.17, 15) is 19.5 Å². The first-order valence-electron chi connectivity index (χ1n) is 20.9.